The lowest BCUT2D eigenvalue weighted by Gasteiger charge is -2.22. The number of carbonyl (C=O) groups excluding carboxylic acids is 1. The topological polar surface area (TPSA) is 61.8 Å². The highest BCUT2D eigenvalue weighted by molar-refractivity contribution is 5.90. The standard InChI is InChI=1S/C14H18F2N2O3/c1-9-2-3-10(8-12(9)21-13(15)16)17-14(20)18(6-7-19)11-4-5-11/h2-3,8,11,13,19H,4-7H2,1H3,(H,17,20). The second kappa shape index (κ2) is 6.71. The Morgan fingerprint density at radius 2 is 2.24 bits per heavy atom. The number of carbonyl (C=O) groups is 1. The summed E-state index contributed by atoms with van der Waals surface area (Å²) < 4.78 is 29.0. The van der Waals surface area contributed by atoms with Crippen LogP contribution in [-0.2, 0) is 0 Å². The Bertz CT molecular complexity index is 507. The molecular weight excluding hydrogens is 282 g/mol. The highest BCUT2D eigenvalue weighted by Gasteiger charge is 2.32. The summed E-state index contributed by atoms with van der Waals surface area (Å²) in [7, 11) is 0. The van der Waals surface area contributed by atoms with Crippen molar-refractivity contribution in [1.82, 2.24) is 4.90 Å². The SMILES string of the molecule is Cc1ccc(NC(=O)N(CCO)C2CC2)cc1OC(F)F. The van der Waals surface area contributed by atoms with E-state index in [0.717, 1.165) is 12.8 Å². The number of alkyl halides is 2. The molecule has 1 aliphatic carbocycles. The molecule has 21 heavy (non-hydrogen) atoms. The lowest BCUT2D eigenvalue weighted by molar-refractivity contribution is -0.0502. The van der Waals surface area contributed by atoms with Gasteiger partial charge in [0.25, 0.3) is 0 Å². The van der Waals surface area contributed by atoms with Gasteiger partial charge in [0.1, 0.15) is 5.75 Å². The lowest BCUT2D eigenvalue weighted by Crippen LogP contribution is -2.38. The number of benzene rings is 1. The van der Waals surface area contributed by atoms with Crippen LogP contribution >= 0.6 is 0 Å². The molecule has 0 aromatic heterocycles. The van der Waals surface area contributed by atoms with Crippen LogP contribution in [-0.4, -0.2) is 41.8 Å². The Morgan fingerprint density at radius 3 is 2.81 bits per heavy atom. The van der Waals surface area contributed by atoms with E-state index in [1.807, 2.05) is 0 Å². The third-order valence-electron chi connectivity index (χ3n) is 3.24. The van der Waals surface area contributed by atoms with Crippen LogP contribution in [0.25, 0.3) is 0 Å². The van der Waals surface area contributed by atoms with Crippen molar-refractivity contribution in [2.45, 2.75) is 32.4 Å². The van der Waals surface area contributed by atoms with E-state index < -0.39 is 6.61 Å². The number of urea groups is 1. The average molecular weight is 300 g/mol. The Balaban J connectivity index is 2.05. The van der Waals surface area contributed by atoms with Crippen molar-refractivity contribution in [2.24, 2.45) is 0 Å². The normalized spacial score (nSPS) is 14.1. The maximum Gasteiger partial charge on any atom is 0.387 e. The Morgan fingerprint density at radius 1 is 1.52 bits per heavy atom. The van der Waals surface area contributed by atoms with Gasteiger partial charge in [0.05, 0.1) is 6.61 Å². The molecule has 1 aromatic carbocycles. The van der Waals surface area contributed by atoms with Gasteiger partial charge in [0.2, 0.25) is 0 Å². The number of rotatable bonds is 6. The predicted octanol–water partition coefficient (Wildman–Crippen LogP) is 2.59. The minimum atomic E-state index is -2.91. The maximum absolute atomic E-state index is 12.3. The number of anilines is 1. The van der Waals surface area contributed by atoms with Gasteiger partial charge in [-0.2, -0.15) is 8.78 Å². The zero-order valence-electron chi connectivity index (χ0n) is 11.7. The highest BCUT2D eigenvalue weighted by Crippen LogP contribution is 2.28. The van der Waals surface area contributed by atoms with Crippen LogP contribution in [0.15, 0.2) is 18.2 Å². The van der Waals surface area contributed by atoms with Crippen LogP contribution < -0.4 is 10.1 Å². The number of aryl methyl sites for hydroxylation is 1. The molecule has 0 bridgehead atoms. The number of aliphatic hydroxyl groups is 1. The molecule has 0 atom stereocenters. The number of nitrogens with one attached hydrogen (secondary N) is 1. The van der Waals surface area contributed by atoms with E-state index in [9.17, 15) is 13.6 Å². The van der Waals surface area contributed by atoms with Gasteiger partial charge in [0, 0.05) is 24.3 Å². The molecule has 0 spiro atoms. The van der Waals surface area contributed by atoms with E-state index in [-0.39, 0.29) is 31.0 Å². The second-order valence-corrected chi connectivity index (χ2v) is 4.94. The summed E-state index contributed by atoms with van der Waals surface area (Å²) in [5, 5.41) is 11.6. The van der Waals surface area contributed by atoms with Crippen LogP contribution in [0.1, 0.15) is 18.4 Å². The second-order valence-electron chi connectivity index (χ2n) is 4.94. The van der Waals surface area contributed by atoms with Gasteiger partial charge in [0.15, 0.2) is 0 Å². The van der Waals surface area contributed by atoms with Gasteiger partial charge in [-0.25, -0.2) is 4.79 Å². The third kappa shape index (κ3) is 4.29. The molecule has 2 amide bonds. The van der Waals surface area contributed by atoms with Gasteiger partial charge in [-0.05, 0) is 31.4 Å². The van der Waals surface area contributed by atoms with Crippen molar-refractivity contribution in [2.75, 3.05) is 18.5 Å². The van der Waals surface area contributed by atoms with E-state index in [4.69, 9.17) is 5.11 Å². The minimum absolute atomic E-state index is 0.0305. The van der Waals surface area contributed by atoms with Crippen LogP contribution in [0.4, 0.5) is 19.3 Å². The number of aliphatic hydroxyl groups excluding tert-OH is 1. The van der Waals surface area contributed by atoms with Crippen LogP contribution in [0.3, 0.4) is 0 Å². The van der Waals surface area contributed by atoms with Gasteiger partial charge in [-0.3, -0.25) is 0 Å². The third-order valence-corrected chi connectivity index (χ3v) is 3.24. The fraction of sp³-hybridized carbons (Fsp3) is 0.500. The van der Waals surface area contributed by atoms with Crippen molar-refractivity contribution in [3.8, 4) is 5.75 Å². The Labute approximate surface area is 121 Å². The summed E-state index contributed by atoms with van der Waals surface area (Å²) in [5.74, 6) is 0.0305. The van der Waals surface area contributed by atoms with Gasteiger partial charge >= 0.3 is 12.6 Å². The van der Waals surface area contributed by atoms with Gasteiger partial charge in [-0.1, -0.05) is 6.07 Å². The summed E-state index contributed by atoms with van der Waals surface area (Å²) in [6.07, 6.45) is 1.84. The molecule has 0 aliphatic heterocycles. The van der Waals surface area contributed by atoms with E-state index in [2.05, 4.69) is 10.1 Å². The molecule has 1 saturated carbocycles. The maximum atomic E-state index is 12.3. The van der Waals surface area contributed by atoms with Crippen molar-refractivity contribution >= 4 is 11.7 Å². The summed E-state index contributed by atoms with van der Waals surface area (Å²) in [6, 6.07) is 4.39. The van der Waals surface area contributed by atoms with Crippen LogP contribution in [0.2, 0.25) is 0 Å². The van der Waals surface area contributed by atoms with Crippen molar-refractivity contribution < 1.29 is 23.4 Å². The van der Waals surface area contributed by atoms with Gasteiger partial charge in [-0.15, -0.1) is 0 Å². The van der Waals surface area contributed by atoms with Gasteiger partial charge < -0.3 is 20.1 Å². The zero-order chi connectivity index (χ0) is 15.4. The molecule has 1 aliphatic rings. The number of hydrogen-bond donors (Lipinski definition) is 2. The van der Waals surface area contributed by atoms with E-state index in [1.165, 1.54) is 6.07 Å². The number of amides is 2. The largest absolute Gasteiger partial charge is 0.434 e. The summed E-state index contributed by atoms with van der Waals surface area (Å²) in [4.78, 5) is 13.7. The molecule has 0 unspecified atom stereocenters. The first-order chi connectivity index (χ1) is 10.0. The molecule has 0 saturated heterocycles. The molecule has 0 radical (unpaired) electrons. The van der Waals surface area contributed by atoms with Crippen molar-refractivity contribution in [3.63, 3.8) is 0 Å². The lowest BCUT2D eigenvalue weighted by atomic mass is 10.2. The first kappa shape index (κ1) is 15.5. The van der Waals surface area contributed by atoms with Crippen molar-refractivity contribution in [1.29, 1.82) is 0 Å². The average Bonchev–Trinajstić information content (AvgIpc) is 3.23. The zero-order valence-corrected chi connectivity index (χ0v) is 11.7. The molecule has 5 nitrogen and oxygen atoms in total. The molecule has 2 N–H and O–H groups in total. The van der Waals surface area contributed by atoms with E-state index in [0.29, 0.717) is 11.3 Å². The summed E-state index contributed by atoms with van der Waals surface area (Å²) >= 11 is 0. The summed E-state index contributed by atoms with van der Waals surface area (Å²) in [6.45, 7) is -1.13. The van der Waals surface area contributed by atoms with Crippen LogP contribution in [0.5, 0.6) is 5.75 Å². The highest BCUT2D eigenvalue weighted by atomic mass is 19.3. The quantitative estimate of drug-likeness (QED) is 0.849. The number of nitrogens with zero attached hydrogens (tertiary/aromatic N) is 1. The molecule has 2 rings (SSSR count). The molecule has 0 heterocycles. The van der Waals surface area contributed by atoms with E-state index >= 15 is 0 Å². The molecule has 1 aromatic rings. The first-order valence-electron chi connectivity index (χ1n) is 6.75. The van der Waals surface area contributed by atoms with Crippen LogP contribution in [0, 0.1) is 6.92 Å². The predicted molar refractivity (Wildman–Crippen MR) is 73.6 cm³/mol. The summed E-state index contributed by atoms with van der Waals surface area (Å²) in [5.41, 5.74) is 0.938. The smallest absolute Gasteiger partial charge is 0.387 e. The Kier molecular flexibility index (Phi) is 4.95. The molecule has 7 heteroatoms. The number of halogens is 2. The fourth-order valence-corrected chi connectivity index (χ4v) is 2.04. The fourth-order valence-electron chi connectivity index (χ4n) is 2.04. The first-order valence-corrected chi connectivity index (χ1v) is 6.75. The monoisotopic (exact) mass is 300 g/mol. The molecule has 116 valence electrons. The molecule has 1 fully saturated rings. The van der Waals surface area contributed by atoms with Crippen molar-refractivity contribution in [3.05, 3.63) is 23.8 Å². The number of ether oxygens (including phenoxy) is 1. The minimum Gasteiger partial charge on any atom is -0.434 e. The Hall–Kier alpha value is -1.89. The molecular formula is C14H18F2N2O3. The van der Waals surface area contributed by atoms with E-state index in [1.54, 1.807) is 24.0 Å². The number of hydrogen-bond acceptors (Lipinski definition) is 3.